The lowest BCUT2D eigenvalue weighted by atomic mass is 10.0. The second kappa shape index (κ2) is 4.79. The van der Waals surface area contributed by atoms with Crippen LogP contribution >= 0.6 is 0 Å². The zero-order valence-electron chi connectivity index (χ0n) is 10.0. The summed E-state index contributed by atoms with van der Waals surface area (Å²) in [6.45, 7) is 0. The van der Waals surface area contributed by atoms with E-state index in [1.165, 1.54) is 25.4 Å². The summed E-state index contributed by atoms with van der Waals surface area (Å²) in [7, 11) is 1.40. The fourth-order valence-corrected chi connectivity index (χ4v) is 1.67. The molecule has 0 bridgehead atoms. The van der Waals surface area contributed by atoms with Gasteiger partial charge in [0.25, 0.3) is 0 Å². The lowest BCUT2D eigenvalue weighted by molar-refractivity contribution is -0.137. The Kier molecular flexibility index (Phi) is 3.33. The number of hydrogen-bond donors (Lipinski definition) is 1. The molecule has 2 rings (SSSR count). The lowest BCUT2D eigenvalue weighted by Crippen LogP contribution is -2.05. The van der Waals surface area contributed by atoms with Crippen molar-refractivity contribution in [2.24, 2.45) is 0 Å². The highest BCUT2D eigenvalue weighted by Crippen LogP contribution is 2.36. The molecule has 0 aliphatic rings. The van der Waals surface area contributed by atoms with Crippen molar-refractivity contribution in [3.05, 3.63) is 42.1 Å². The van der Waals surface area contributed by atoms with Crippen LogP contribution in [0.2, 0.25) is 0 Å². The largest absolute Gasteiger partial charge is 0.496 e. The van der Waals surface area contributed by atoms with E-state index in [1.54, 1.807) is 6.07 Å². The number of nitrogen functional groups attached to an aromatic ring is 1. The summed E-state index contributed by atoms with van der Waals surface area (Å²) in [4.78, 5) is 3.86. The van der Waals surface area contributed by atoms with E-state index in [2.05, 4.69) is 4.98 Å². The van der Waals surface area contributed by atoms with Gasteiger partial charge in [0, 0.05) is 17.3 Å². The van der Waals surface area contributed by atoms with E-state index in [0.717, 1.165) is 12.1 Å². The summed E-state index contributed by atoms with van der Waals surface area (Å²) in [5.74, 6) is 0.647. The van der Waals surface area contributed by atoms with Crippen LogP contribution in [0, 0.1) is 0 Å². The Balaban J connectivity index is 2.56. The molecule has 0 aliphatic carbocycles. The number of methoxy groups -OCH3 is 1. The number of nitrogens with two attached hydrogens (primary N) is 1. The summed E-state index contributed by atoms with van der Waals surface area (Å²) in [6, 6.07) is 6.42. The number of aromatic nitrogens is 1. The molecule has 0 radical (unpaired) electrons. The fourth-order valence-electron chi connectivity index (χ4n) is 1.67. The third kappa shape index (κ3) is 2.78. The Labute approximate surface area is 107 Å². The van der Waals surface area contributed by atoms with Crippen molar-refractivity contribution in [1.29, 1.82) is 0 Å². The average molecular weight is 268 g/mol. The van der Waals surface area contributed by atoms with Crippen LogP contribution in [0.1, 0.15) is 5.56 Å². The quantitative estimate of drug-likeness (QED) is 0.908. The number of hydrogen-bond acceptors (Lipinski definition) is 3. The normalized spacial score (nSPS) is 11.4. The van der Waals surface area contributed by atoms with Gasteiger partial charge in [0.1, 0.15) is 11.6 Å². The smallest absolute Gasteiger partial charge is 0.416 e. The van der Waals surface area contributed by atoms with Gasteiger partial charge in [0.2, 0.25) is 0 Å². The molecule has 100 valence electrons. The molecule has 1 aromatic heterocycles. The van der Waals surface area contributed by atoms with Gasteiger partial charge in [-0.05, 0) is 30.3 Å². The van der Waals surface area contributed by atoms with Crippen LogP contribution in [0.25, 0.3) is 11.1 Å². The molecular formula is C13H11F3N2O. The molecule has 0 amide bonds. The Morgan fingerprint density at radius 1 is 1.16 bits per heavy atom. The molecule has 0 unspecified atom stereocenters. The van der Waals surface area contributed by atoms with E-state index in [9.17, 15) is 13.2 Å². The summed E-state index contributed by atoms with van der Waals surface area (Å²) in [6.07, 6.45) is -2.99. The zero-order valence-corrected chi connectivity index (χ0v) is 10.0. The van der Waals surface area contributed by atoms with E-state index in [-0.39, 0.29) is 0 Å². The topological polar surface area (TPSA) is 48.1 Å². The zero-order chi connectivity index (χ0) is 14.0. The van der Waals surface area contributed by atoms with Crippen LogP contribution in [-0.4, -0.2) is 12.1 Å². The average Bonchev–Trinajstić information content (AvgIpc) is 2.38. The minimum atomic E-state index is -4.40. The molecule has 0 fully saturated rings. The van der Waals surface area contributed by atoms with Gasteiger partial charge in [-0.1, -0.05) is 0 Å². The van der Waals surface area contributed by atoms with Crippen LogP contribution in [0.15, 0.2) is 36.5 Å². The minimum Gasteiger partial charge on any atom is -0.496 e. The van der Waals surface area contributed by atoms with Crippen molar-refractivity contribution in [3.8, 4) is 16.9 Å². The number of ether oxygens (including phenoxy) is 1. The van der Waals surface area contributed by atoms with E-state index >= 15 is 0 Å². The first-order chi connectivity index (χ1) is 8.91. The molecule has 3 nitrogen and oxygen atoms in total. The number of anilines is 1. The SMILES string of the molecule is COc1ccc(C(F)(F)F)cc1-c1ccc(N)nc1. The Morgan fingerprint density at radius 3 is 2.42 bits per heavy atom. The van der Waals surface area contributed by atoms with Gasteiger partial charge in [0.15, 0.2) is 0 Å². The highest BCUT2D eigenvalue weighted by Gasteiger charge is 2.31. The van der Waals surface area contributed by atoms with Crippen molar-refractivity contribution in [2.45, 2.75) is 6.18 Å². The Bertz CT molecular complexity index is 579. The summed E-state index contributed by atoms with van der Waals surface area (Å²) in [5, 5.41) is 0. The monoisotopic (exact) mass is 268 g/mol. The molecule has 0 aliphatic heterocycles. The number of rotatable bonds is 2. The van der Waals surface area contributed by atoms with Crippen molar-refractivity contribution in [2.75, 3.05) is 12.8 Å². The second-order valence-electron chi connectivity index (χ2n) is 3.88. The van der Waals surface area contributed by atoms with Crippen molar-refractivity contribution < 1.29 is 17.9 Å². The van der Waals surface area contributed by atoms with Gasteiger partial charge in [-0.2, -0.15) is 13.2 Å². The number of benzene rings is 1. The standard InChI is InChI=1S/C13H11F3N2O/c1-19-11-4-3-9(13(14,15)16)6-10(11)8-2-5-12(17)18-7-8/h2-7H,1H3,(H2,17,18). The van der Waals surface area contributed by atoms with E-state index < -0.39 is 11.7 Å². The van der Waals surface area contributed by atoms with Crippen LogP contribution in [0.3, 0.4) is 0 Å². The number of alkyl halides is 3. The maximum Gasteiger partial charge on any atom is 0.416 e. The first kappa shape index (κ1) is 13.2. The van der Waals surface area contributed by atoms with Crippen molar-refractivity contribution >= 4 is 5.82 Å². The molecule has 1 aromatic carbocycles. The van der Waals surface area contributed by atoms with Crippen LogP contribution in [0.4, 0.5) is 19.0 Å². The molecule has 19 heavy (non-hydrogen) atoms. The maximum absolute atomic E-state index is 12.7. The van der Waals surface area contributed by atoms with Crippen LogP contribution < -0.4 is 10.5 Å². The third-order valence-electron chi connectivity index (χ3n) is 2.62. The first-order valence-electron chi connectivity index (χ1n) is 5.39. The highest BCUT2D eigenvalue weighted by molar-refractivity contribution is 5.71. The molecular weight excluding hydrogens is 257 g/mol. The van der Waals surface area contributed by atoms with Crippen LogP contribution in [-0.2, 0) is 6.18 Å². The number of halogens is 3. The maximum atomic E-state index is 12.7. The van der Waals surface area contributed by atoms with E-state index in [4.69, 9.17) is 10.5 Å². The molecule has 6 heteroatoms. The van der Waals surface area contributed by atoms with Crippen molar-refractivity contribution in [1.82, 2.24) is 4.98 Å². The first-order valence-corrected chi connectivity index (χ1v) is 5.39. The highest BCUT2D eigenvalue weighted by atomic mass is 19.4. The van der Waals surface area contributed by atoms with E-state index in [1.807, 2.05) is 0 Å². The molecule has 2 aromatic rings. The van der Waals surface area contributed by atoms with Crippen molar-refractivity contribution in [3.63, 3.8) is 0 Å². The van der Waals surface area contributed by atoms with Gasteiger partial charge in [0.05, 0.1) is 12.7 Å². The fraction of sp³-hybridized carbons (Fsp3) is 0.154. The molecule has 0 spiro atoms. The predicted molar refractivity (Wildman–Crippen MR) is 65.6 cm³/mol. The summed E-state index contributed by atoms with van der Waals surface area (Å²) in [5.41, 5.74) is 5.55. The Hall–Kier alpha value is -2.24. The van der Waals surface area contributed by atoms with Gasteiger partial charge < -0.3 is 10.5 Å². The number of nitrogens with zero attached hydrogens (tertiary/aromatic N) is 1. The molecule has 0 atom stereocenters. The van der Waals surface area contributed by atoms with Gasteiger partial charge in [-0.15, -0.1) is 0 Å². The lowest BCUT2D eigenvalue weighted by Gasteiger charge is -2.12. The molecule has 0 saturated carbocycles. The summed E-state index contributed by atoms with van der Waals surface area (Å²) < 4.78 is 43.2. The Morgan fingerprint density at radius 2 is 1.89 bits per heavy atom. The molecule has 1 heterocycles. The third-order valence-corrected chi connectivity index (χ3v) is 2.62. The molecule has 0 saturated heterocycles. The van der Waals surface area contributed by atoms with Gasteiger partial charge in [-0.25, -0.2) is 4.98 Å². The minimum absolute atomic E-state index is 0.301. The van der Waals surface area contributed by atoms with Gasteiger partial charge in [-0.3, -0.25) is 0 Å². The second-order valence-corrected chi connectivity index (χ2v) is 3.88. The summed E-state index contributed by atoms with van der Waals surface area (Å²) >= 11 is 0. The predicted octanol–water partition coefficient (Wildman–Crippen LogP) is 3.36. The van der Waals surface area contributed by atoms with Crippen LogP contribution in [0.5, 0.6) is 5.75 Å². The van der Waals surface area contributed by atoms with E-state index in [0.29, 0.717) is 22.7 Å². The molecule has 2 N–H and O–H groups in total. The van der Waals surface area contributed by atoms with Gasteiger partial charge >= 0.3 is 6.18 Å². The number of pyridine rings is 1.